The predicted octanol–water partition coefficient (Wildman–Crippen LogP) is 17.3. The Kier molecular flexibility index (Phi) is 21.4. The molecule has 0 heterocycles. The molecule has 0 N–H and O–H groups in total. The van der Waals surface area contributed by atoms with Crippen LogP contribution in [0.2, 0.25) is 0 Å². The van der Waals surface area contributed by atoms with Crippen LogP contribution < -0.4 is 0 Å². The first kappa shape index (κ1) is 51.4. The molecule has 6 saturated carbocycles. The Labute approximate surface area is 450 Å². The van der Waals surface area contributed by atoms with Gasteiger partial charge in [0, 0.05) is 98.1 Å². The molecule has 3 aromatic rings. The van der Waals surface area contributed by atoms with Gasteiger partial charge >= 0.3 is 0 Å². The van der Waals surface area contributed by atoms with Gasteiger partial charge in [-0.15, -0.1) is 11.1 Å². The van der Waals surface area contributed by atoms with Gasteiger partial charge < -0.3 is 0 Å². The average molecular weight is 1040 g/mol. The van der Waals surface area contributed by atoms with Gasteiger partial charge in [0.2, 0.25) is 0 Å². The third-order valence-corrected chi connectivity index (χ3v) is 17.2. The van der Waals surface area contributed by atoms with Crippen molar-refractivity contribution in [2.45, 2.75) is 253 Å². The summed E-state index contributed by atoms with van der Waals surface area (Å²) in [4.78, 5) is 0. The van der Waals surface area contributed by atoms with E-state index < -0.39 is 0 Å². The van der Waals surface area contributed by atoms with Crippen molar-refractivity contribution in [3.05, 3.63) is 105 Å². The maximum Gasteiger partial charge on any atom is 0 e. The van der Waals surface area contributed by atoms with Gasteiger partial charge in [0.15, 0.2) is 0 Å². The topological polar surface area (TPSA) is 0 Å². The normalized spacial score (nSPS) is 22.2. The summed E-state index contributed by atoms with van der Waals surface area (Å²) in [6.07, 6.45) is 43.8. The van der Waals surface area contributed by atoms with Crippen LogP contribution in [0.25, 0.3) is 0 Å². The van der Waals surface area contributed by atoms with E-state index in [1.807, 2.05) is 0 Å². The van der Waals surface area contributed by atoms with E-state index in [2.05, 4.69) is 61.5 Å². The van der Waals surface area contributed by atoms with Gasteiger partial charge in [-0.25, -0.2) is 0 Å². The fraction of sp³-hybridized carbons (Fsp3) is 0.690. The summed E-state index contributed by atoms with van der Waals surface area (Å²) in [6, 6.07) is 28.9. The molecular formula is C58H79Y3-3. The first-order valence-corrected chi connectivity index (χ1v) is 25.8. The van der Waals surface area contributed by atoms with E-state index in [9.17, 15) is 0 Å². The first-order valence-electron chi connectivity index (χ1n) is 25.8. The Balaban J connectivity index is 0.00000207. The minimum Gasteiger partial charge on any atom is -0.176 e. The van der Waals surface area contributed by atoms with E-state index in [1.165, 1.54) is 199 Å². The Bertz CT molecular complexity index is 1560. The molecule has 6 aliphatic carbocycles. The third-order valence-electron chi connectivity index (χ3n) is 17.2. The van der Waals surface area contributed by atoms with Crippen LogP contribution in [0.15, 0.2) is 36.4 Å². The smallest absolute Gasteiger partial charge is 0 e. The summed E-state index contributed by atoms with van der Waals surface area (Å²) in [5.74, 6) is 4.15. The zero-order chi connectivity index (χ0) is 39.2. The number of aryl methyl sites for hydroxylation is 1. The molecule has 0 unspecified atom stereocenters. The molecule has 0 aliphatic heterocycles. The first-order chi connectivity index (χ1) is 28.6. The summed E-state index contributed by atoms with van der Waals surface area (Å²) in [7, 11) is 0. The van der Waals surface area contributed by atoms with Gasteiger partial charge in [0.25, 0.3) is 0 Å². The average Bonchev–Trinajstić information content (AvgIpc) is 3.32. The summed E-state index contributed by atoms with van der Waals surface area (Å²) < 4.78 is 0. The second-order valence-corrected chi connectivity index (χ2v) is 21.3. The van der Waals surface area contributed by atoms with Gasteiger partial charge in [-0.05, 0) is 131 Å². The van der Waals surface area contributed by atoms with Crippen molar-refractivity contribution >= 4 is 0 Å². The van der Waals surface area contributed by atoms with Crippen molar-refractivity contribution in [1.29, 1.82) is 0 Å². The van der Waals surface area contributed by atoms with E-state index in [0.717, 1.165) is 6.42 Å². The fourth-order valence-electron chi connectivity index (χ4n) is 13.3. The fourth-order valence-corrected chi connectivity index (χ4v) is 13.3. The Morgan fingerprint density at radius 1 is 0.344 bits per heavy atom. The molecule has 9 rings (SSSR count). The van der Waals surface area contributed by atoms with Crippen molar-refractivity contribution in [3.8, 4) is 0 Å². The van der Waals surface area contributed by atoms with Crippen LogP contribution in [-0.2, 0) is 110 Å². The second kappa shape index (κ2) is 25.4. The maximum absolute atomic E-state index is 4.23. The molecule has 0 spiro atoms. The largest absolute Gasteiger partial charge is 0.176 e. The molecule has 0 nitrogen and oxygen atoms in total. The van der Waals surface area contributed by atoms with Crippen LogP contribution in [-0.4, -0.2) is 0 Å². The van der Waals surface area contributed by atoms with Gasteiger partial charge in [-0.1, -0.05) is 122 Å². The van der Waals surface area contributed by atoms with E-state index >= 15 is 0 Å². The van der Waals surface area contributed by atoms with Crippen LogP contribution >= 0.6 is 0 Å². The van der Waals surface area contributed by atoms with Crippen LogP contribution in [0.4, 0.5) is 0 Å². The minimum absolute atomic E-state index is 0. The zero-order valence-corrected chi connectivity index (χ0v) is 47.3. The molecule has 0 bridgehead atoms. The molecule has 0 atom stereocenters. The molecule has 0 saturated heterocycles. The summed E-state index contributed by atoms with van der Waals surface area (Å²) in [5, 5.41) is 0. The Morgan fingerprint density at radius 2 is 0.557 bits per heavy atom. The molecule has 6 aliphatic rings. The summed E-state index contributed by atoms with van der Waals surface area (Å²) in [5.41, 5.74) is 14.2. The SMILES string of the molecule is CC(CCc1cc(C2CCCCC2)[c-]c(C2CCCCC2)c1)(c1cc(C2CCCCC2)[c-]c(C2CCCCC2)c1)c1cc(C2CCCCC2)[c-]c(C2CCCCC2)c1.[Y].[Y].[Y]. The number of benzene rings is 3. The van der Waals surface area contributed by atoms with Crippen LogP contribution in [0.1, 0.15) is 292 Å². The van der Waals surface area contributed by atoms with E-state index in [1.54, 1.807) is 50.1 Å². The molecule has 3 heteroatoms. The van der Waals surface area contributed by atoms with Crippen molar-refractivity contribution in [3.63, 3.8) is 0 Å². The molecule has 6 fully saturated rings. The van der Waals surface area contributed by atoms with Crippen molar-refractivity contribution in [2.24, 2.45) is 0 Å². The van der Waals surface area contributed by atoms with Gasteiger partial charge in [0.1, 0.15) is 0 Å². The predicted molar refractivity (Wildman–Crippen MR) is 246 cm³/mol. The molecule has 3 aromatic carbocycles. The minimum atomic E-state index is -0.0700. The molecule has 323 valence electrons. The van der Waals surface area contributed by atoms with E-state index in [4.69, 9.17) is 0 Å². The molecule has 61 heavy (non-hydrogen) atoms. The molecule has 3 radical (unpaired) electrons. The molecule has 0 amide bonds. The summed E-state index contributed by atoms with van der Waals surface area (Å²) >= 11 is 0. The van der Waals surface area contributed by atoms with Crippen LogP contribution in [0.5, 0.6) is 0 Å². The second-order valence-electron chi connectivity index (χ2n) is 21.3. The molecular weight excluding hydrogens is 963 g/mol. The monoisotopic (exact) mass is 1040 g/mol. The number of rotatable bonds is 11. The van der Waals surface area contributed by atoms with Gasteiger partial charge in [-0.2, -0.15) is 93.5 Å². The third kappa shape index (κ3) is 13.2. The number of hydrogen-bond donors (Lipinski definition) is 0. The van der Waals surface area contributed by atoms with E-state index in [0.29, 0.717) is 35.5 Å². The zero-order valence-electron chi connectivity index (χ0n) is 38.8. The van der Waals surface area contributed by atoms with E-state index in [-0.39, 0.29) is 104 Å². The van der Waals surface area contributed by atoms with Crippen molar-refractivity contribution < 1.29 is 98.1 Å². The van der Waals surface area contributed by atoms with Crippen molar-refractivity contribution in [1.82, 2.24) is 0 Å². The van der Waals surface area contributed by atoms with Gasteiger partial charge in [-0.3, -0.25) is 0 Å². The quantitative estimate of drug-likeness (QED) is 0.168. The van der Waals surface area contributed by atoms with Crippen LogP contribution in [0, 0.1) is 18.2 Å². The maximum atomic E-state index is 4.23. The number of hydrogen-bond acceptors (Lipinski definition) is 0. The Hall–Kier alpha value is 0.972. The van der Waals surface area contributed by atoms with Gasteiger partial charge in [0.05, 0.1) is 0 Å². The molecule has 0 aromatic heterocycles. The summed E-state index contributed by atoms with van der Waals surface area (Å²) in [6.45, 7) is 2.71. The van der Waals surface area contributed by atoms with Crippen molar-refractivity contribution in [2.75, 3.05) is 0 Å². The Morgan fingerprint density at radius 3 is 0.787 bits per heavy atom. The van der Waals surface area contributed by atoms with Crippen LogP contribution in [0.3, 0.4) is 0 Å². The standard InChI is InChI=1S/C58H79.3Y/c1-58(56-39-52(46-24-12-4-13-25-46)37-53(40-56)47-26-14-5-15-27-47,57-41-54(48-28-16-6-17-29-48)38-55(42-57)49-30-18-7-19-31-49)33-32-43-34-50(44-20-8-2-9-21-44)36-51(35-43)45-22-10-3-11-23-45;;;/h34-35,39-42,44-49H,2-33H2,1H3;;;/q-3;;;.